The lowest BCUT2D eigenvalue weighted by Gasteiger charge is -2.34. The molecule has 0 heterocycles. The number of carbonyl (C=O) groups is 2. The molecule has 0 aromatic rings. The second kappa shape index (κ2) is 11.4. The molecule has 0 spiro atoms. The lowest BCUT2D eigenvalue weighted by Crippen LogP contribution is -2.34. The third kappa shape index (κ3) is 8.16. The molecule has 0 bridgehead atoms. The number of aliphatic carboxylic acids is 2. The Balaban J connectivity index is 0.000000443. The minimum Gasteiger partial charge on any atom is -0.481 e. The van der Waals surface area contributed by atoms with Crippen LogP contribution < -0.4 is 11.5 Å². The summed E-state index contributed by atoms with van der Waals surface area (Å²) in [7, 11) is 0. The first-order valence-corrected chi connectivity index (χ1v) is 9.21. The van der Waals surface area contributed by atoms with Gasteiger partial charge in [-0.15, -0.1) is 0 Å². The topological polar surface area (TPSA) is 158 Å². The van der Waals surface area contributed by atoms with Gasteiger partial charge in [0.25, 0.3) is 0 Å². The van der Waals surface area contributed by atoms with Gasteiger partial charge < -0.3 is 27.2 Å². The Morgan fingerprint density at radius 3 is 1.16 bits per heavy atom. The molecule has 0 atom stereocenters. The van der Waals surface area contributed by atoms with Gasteiger partial charge in [-0.3, -0.25) is 9.59 Å². The van der Waals surface area contributed by atoms with Gasteiger partial charge in [-0.2, -0.15) is 0 Å². The molecule has 2 aliphatic rings. The van der Waals surface area contributed by atoms with Crippen LogP contribution in [0.1, 0.15) is 77.0 Å². The highest BCUT2D eigenvalue weighted by Crippen LogP contribution is 2.38. The van der Waals surface area contributed by atoms with Crippen molar-refractivity contribution in [2.24, 2.45) is 22.3 Å². The van der Waals surface area contributed by atoms with Crippen molar-refractivity contribution in [1.82, 2.24) is 0 Å². The first-order valence-electron chi connectivity index (χ1n) is 9.21. The summed E-state index contributed by atoms with van der Waals surface area (Å²) in [6.07, 6.45) is 11.5. The van der Waals surface area contributed by atoms with Crippen LogP contribution in [-0.4, -0.2) is 40.7 Å². The molecule has 0 aliphatic heterocycles. The molecule has 25 heavy (non-hydrogen) atoms. The summed E-state index contributed by atoms with van der Waals surface area (Å²) in [5, 5.41) is 17.4. The van der Waals surface area contributed by atoms with Crippen molar-refractivity contribution in [1.29, 1.82) is 0 Å². The Kier molecular flexibility index (Phi) is 10.9. The van der Waals surface area contributed by atoms with Crippen LogP contribution in [0.25, 0.3) is 0 Å². The summed E-state index contributed by atoms with van der Waals surface area (Å²) in [6.45, 7) is 1.05. The summed E-state index contributed by atoms with van der Waals surface area (Å²) >= 11 is 0. The molecule has 2 fully saturated rings. The van der Waals surface area contributed by atoms with Gasteiger partial charge in [-0.05, 0) is 49.6 Å². The SMILES string of the molecule is NCC1(CC(=O)O)CCCCC1.NCC1(CC(=O)O)CCCCC1.O. The van der Waals surface area contributed by atoms with Gasteiger partial charge in [-0.25, -0.2) is 0 Å². The summed E-state index contributed by atoms with van der Waals surface area (Å²) < 4.78 is 0. The van der Waals surface area contributed by atoms with Crippen LogP contribution in [0.4, 0.5) is 0 Å². The van der Waals surface area contributed by atoms with E-state index in [9.17, 15) is 9.59 Å². The maximum Gasteiger partial charge on any atom is 0.303 e. The van der Waals surface area contributed by atoms with Crippen LogP contribution in [0.5, 0.6) is 0 Å². The second-order valence-electron chi connectivity index (χ2n) is 7.67. The van der Waals surface area contributed by atoms with E-state index in [0.29, 0.717) is 13.1 Å². The summed E-state index contributed by atoms with van der Waals surface area (Å²) in [5.74, 6) is -1.41. The van der Waals surface area contributed by atoms with E-state index < -0.39 is 11.9 Å². The van der Waals surface area contributed by atoms with Crippen LogP contribution in [0, 0.1) is 10.8 Å². The maximum atomic E-state index is 10.6. The predicted octanol–water partition coefficient (Wildman–Crippen LogP) is 1.92. The molecule has 7 heteroatoms. The molecule has 148 valence electrons. The normalized spacial score (nSPS) is 21.2. The molecule has 0 saturated heterocycles. The zero-order valence-electron chi connectivity index (χ0n) is 15.3. The fourth-order valence-electron chi connectivity index (χ4n) is 4.15. The highest BCUT2D eigenvalue weighted by Gasteiger charge is 2.33. The Morgan fingerprint density at radius 1 is 0.680 bits per heavy atom. The lowest BCUT2D eigenvalue weighted by atomic mass is 9.72. The number of nitrogens with two attached hydrogens (primary N) is 2. The highest BCUT2D eigenvalue weighted by atomic mass is 16.4. The van der Waals surface area contributed by atoms with Crippen LogP contribution in [0.15, 0.2) is 0 Å². The van der Waals surface area contributed by atoms with E-state index in [0.717, 1.165) is 51.4 Å². The van der Waals surface area contributed by atoms with Gasteiger partial charge in [-0.1, -0.05) is 38.5 Å². The number of hydrogen-bond donors (Lipinski definition) is 4. The molecule has 0 unspecified atom stereocenters. The number of hydrogen-bond acceptors (Lipinski definition) is 4. The molecule has 2 aliphatic carbocycles. The van der Waals surface area contributed by atoms with Gasteiger partial charge >= 0.3 is 11.9 Å². The molecule has 0 radical (unpaired) electrons. The summed E-state index contributed by atoms with van der Waals surface area (Å²) in [5.41, 5.74) is 11.1. The van der Waals surface area contributed by atoms with Crippen LogP contribution in [-0.2, 0) is 9.59 Å². The average Bonchev–Trinajstić information content (AvgIpc) is 2.56. The van der Waals surface area contributed by atoms with E-state index in [2.05, 4.69) is 0 Å². The van der Waals surface area contributed by atoms with Crippen molar-refractivity contribution in [3.63, 3.8) is 0 Å². The zero-order valence-corrected chi connectivity index (χ0v) is 15.3. The van der Waals surface area contributed by atoms with Crippen LogP contribution >= 0.6 is 0 Å². The van der Waals surface area contributed by atoms with Gasteiger partial charge in [0.1, 0.15) is 0 Å². The van der Waals surface area contributed by atoms with Crippen molar-refractivity contribution in [2.45, 2.75) is 77.0 Å². The lowest BCUT2D eigenvalue weighted by molar-refractivity contribution is -0.141. The Labute approximate surface area is 150 Å². The molecular weight excluding hydrogens is 324 g/mol. The average molecular weight is 360 g/mol. The third-order valence-electron chi connectivity index (χ3n) is 5.75. The minimum absolute atomic E-state index is 0. The molecule has 2 saturated carbocycles. The van der Waals surface area contributed by atoms with Crippen LogP contribution in [0.2, 0.25) is 0 Å². The minimum atomic E-state index is -0.706. The highest BCUT2D eigenvalue weighted by molar-refractivity contribution is 5.68. The predicted molar refractivity (Wildman–Crippen MR) is 97.3 cm³/mol. The number of carboxylic acids is 2. The van der Waals surface area contributed by atoms with Crippen molar-refractivity contribution < 1.29 is 25.3 Å². The van der Waals surface area contributed by atoms with Gasteiger partial charge in [0, 0.05) is 0 Å². The second-order valence-corrected chi connectivity index (χ2v) is 7.67. The van der Waals surface area contributed by atoms with E-state index in [1.165, 1.54) is 12.8 Å². The van der Waals surface area contributed by atoms with Crippen molar-refractivity contribution in [2.75, 3.05) is 13.1 Å². The van der Waals surface area contributed by atoms with Crippen molar-refractivity contribution >= 4 is 11.9 Å². The summed E-state index contributed by atoms with van der Waals surface area (Å²) in [6, 6.07) is 0. The Bertz CT molecular complexity index is 364. The van der Waals surface area contributed by atoms with Crippen molar-refractivity contribution in [3.8, 4) is 0 Å². The van der Waals surface area contributed by atoms with E-state index >= 15 is 0 Å². The molecule has 0 aromatic heterocycles. The molecular formula is C18H36N2O5. The van der Waals surface area contributed by atoms with E-state index in [1.54, 1.807) is 0 Å². The first-order chi connectivity index (χ1) is 11.4. The Hall–Kier alpha value is -1.18. The smallest absolute Gasteiger partial charge is 0.303 e. The first kappa shape index (κ1) is 23.8. The van der Waals surface area contributed by atoms with E-state index in [1.807, 2.05) is 0 Å². The molecule has 2 rings (SSSR count). The Morgan fingerprint density at radius 2 is 0.960 bits per heavy atom. The van der Waals surface area contributed by atoms with Gasteiger partial charge in [0.15, 0.2) is 0 Å². The quantitative estimate of drug-likeness (QED) is 0.566. The number of carboxylic acid groups (broad SMARTS) is 2. The molecule has 0 amide bonds. The molecule has 0 aromatic carbocycles. The van der Waals surface area contributed by atoms with E-state index in [4.69, 9.17) is 21.7 Å². The van der Waals surface area contributed by atoms with Crippen LogP contribution in [0.3, 0.4) is 0 Å². The number of rotatable bonds is 6. The van der Waals surface area contributed by atoms with E-state index in [-0.39, 0.29) is 29.1 Å². The van der Waals surface area contributed by atoms with Crippen molar-refractivity contribution in [3.05, 3.63) is 0 Å². The van der Waals surface area contributed by atoms with Gasteiger partial charge in [0.05, 0.1) is 12.8 Å². The van der Waals surface area contributed by atoms with Gasteiger partial charge in [0.2, 0.25) is 0 Å². The molecule has 7 nitrogen and oxygen atoms in total. The molecule has 8 N–H and O–H groups in total. The zero-order chi connectivity index (χ0) is 18.1. The third-order valence-corrected chi connectivity index (χ3v) is 5.75. The monoisotopic (exact) mass is 360 g/mol. The maximum absolute atomic E-state index is 10.6. The fraction of sp³-hybridized carbons (Fsp3) is 0.889. The summed E-state index contributed by atoms with van der Waals surface area (Å²) in [4.78, 5) is 21.2. The fourth-order valence-corrected chi connectivity index (χ4v) is 4.15. The largest absolute Gasteiger partial charge is 0.481 e. The standard InChI is InChI=1S/2C9H17NO2.H2O/c2*10-7-9(6-8(11)12)4-2-1-3-5-9;/h2*1-7,10H2,(H,11,12);1H2.